The molecule has 0 spiro atoms. The Labute approximate surface area is 85.0 Å². The molecule has 0 radical (unpaired) electrons. The molecule has 0 aromatic heterocycles. The molecule has 0 amide bonds. The molecule has 1 aliphatic heterocycles. The zero-order valence-electron chi connectivity index (χ0n) is 8.64. The molecule has 14 heavy (non-hydrogen) atoms. The lowest BCUT2D eigenvalue weighted by Gasteiger charge is -2.31. The zero-order chi connectivity index (χ0) is 10.4. The van der Waals surface area contributed by atoms with Crippen LogP contribution in [0, 0.1) is 11.8 Å². The van der Waals surface area contributed by atoms with Crippen molar-refractivity contribution in [2.75, 3.05) is 13.2 Å². The van der Waals surface area contributed by atoms with Gasteiger partial charge in [0.05, 0.1) is 5.54 Å². The molecule has 0 aromatic rings. The fourth-order valence-corrected chi connectivity index (χ4v) is 1.56. The van der Waals surface area contributed by atoms with Crippen molar-refractivity contribution in [3.8, 4) is 11.8 Å². The number of hydrogen-bond acceptors (Lipinski definition) is 3. The number of hydrogen-bond donors (Lipinski definition) is 1. The fourth-order valence-electron chi connectivity index (χ4n) is 1.56. The van der Waals surface area contributed by atoms with E-state index >= 15 is 0 Å². The van der Waals surface area contributed by atoms with Gasteiger partial charge in [-0.05, 0) is 19.8 Å². The highest BCUT2D eigenvalue weighted by molar-refractivity contribution is 5.88. The van der Waals surface area contributed by atoms with Gasteiger partial charge in [0.15, 0.2) is 5.78 Å². The summed E-state index contributed by atoms with van der Waals surface area (Å²) in [6.45, 7) is 2.97. The third-order valence-corrected chi connectivity index (χ3v) is 2.59. The van der Waals surface area contributed by atoms with Crippen LogP contribution in [0.15, 0.2) is 0 Å². The minimum atomic E-state index is -0.645. The molecule has 3 heteroatoms. The Morgan fingerprint density at radius 2 is 2.14 bits per heavy atom. The van der Waals surface area contributed by atoms with E-state index in [1.807, 2.05) is 0 Å². The van der Waals surface area contributed by atoms with Crippen LogP contribution in [0.25, 0.3) is 0 Å². The molecular formula is C11H17NO2. The maximum atomic E-state index is 11.7. The first kappa shape index (κ1) is 11.2. The van der Waals surface area contributed by atoms with Crippen molar-refractivity contribution in [2.45, 2.75) is 38.1 Å². The summed E-state index contributed by atoms with van der Waals surface area (Å²) in [4.78, 5) is 11.7. The molecule has 0 unspecified atom stereocenters. The van der Waals surface area contributed by atoms with Crippen molar-refractivity contribution in [1.29, 1.82) is 0 Å². The molecule has 1 saturated heterocycles. The second-order valence-corrected chi connectivity index (χ2v) is 3.62. The number of carbonyl (C=O) groups is 1. The molecule has 0 aliphatic carbocycles. The molecule has 78 valence electrons. The standard InChI is InChI=1S/C11H17NO2/c1-2-3-4-5-10(13)11(12)6-8-14-9-7-11/h4-9,12H2,1H3. The van der Waals surface area contributed by atoms with Crippen LogP contribution in [-0.4, -0.2) is 24.5 Å². The van der Waals surface area contributed by atoms with Gasteiger partial charge in [-0.2, -0.15) is 0 Å². The van der Waals surface area contributed by atoms with E-state index in [0.29, 0.717) is 38.9 Å². The number of nitrogens with two attached hydrogens (primary N) is 1. The highest BCUT2D eigenvalue weighted by Crippen LogP contribution is 2.20. The van der Waals surface area contributed by atoms with Crippen molar-refractivity contribution in [1.82, 2.24) is 0 Å². The van der Waals surface area contributed by atoms with Gasteiger partial charge in [-0.1, -0.05) is 0 Å². The molecule has 0 atom stereocenters. The topological polar surface area (TPSA) is 52.3 Å². The van der Waals surface area contributed by atoms with E-state index in [-0.39, 0.29) is 5.78 Å². The van der Waals surface area contributed by atoms with Gasteiger partial charge in [0, 0.05) is 26.1 Å². The van der Waals surface area contributed by atoms with Gasteiger partial charge in [0.25, 0.3) is 0 Å². The summed E-state index contributed by atoms with van der Waals surface area (Å²) in [6, 6.07) is 0. The maximum absolute atomic E-state index is 11.7. The quantitative estimate of drug-likeness (QED) is 0.680. The number of ether oxygens (including phenoxy) is 1. The number of carbonyl (C=O) groups excluding carboxylic acids is 1. The van der Waals surface area contributed by atoms with Gasteiger partial charge in [0.2, 0.25) is 0 Å². The first-order chi connectivity index (χ1) is 6.69. The Balaban J connectivity index is 2.43. The maximum Gasteiger partial charge on any atom is 0.153 e. The van der Waals surface area contributed by atoms with Gasteiger partial charge >= 0.3 is 0 Å². The molecule has 0 saturated carbocycles. The first-order valence-electron chi connectivity index (χ1n) is 4.98. The van der Waals surface area contributed by atoms with Crippen molar-refractivity contribution >= 4 is 5.78 Å². The Bertz CT molecular complexity index is 256. The summed E-state index contributed by atoms with van der Waals surface area (Å²) in [5.74, 6) is 5.78. The minimum Gasteiger partial charge on any atom is -0.381 e. The smallest absolute Gasteiger partial charge is 0.153 e. The van der Waals surface area contributed by atoms with Crippen LogP contribution in [0.5, 0.6) is 0 Å². The summed E-state index contributed by atoms with van der Waals surface area (Å²) < 4.78 is 5.18. The molecule has 1 fully saturated rings. The van der Waals surface area contributed by atoms with Crippen LogP contribution < -0.4 is 5.73 Å². The van der Waals surface area contributed by atoms with Gasteiger partial charge in [-0.25, -0.2) is 0 Å². The lowest BCUT2D eigenvalue weighted by atomic mass is 9.85. The molecule has 0 bridgehead atoms. The van der Waals surface area contributed by atoms with E-state index in [1.165, 1.54) is 0 Å². The third kappa shape index (κ3) is 2.83. The van der Waals surface area contributed by atoms with Gasteiger partial charge < -0.3 is 10.5 Å². The first-order valence-corrected chi connectivity index (χ1v) is 4.98. The molecule has 1 rings (SSSR count). The van der Waals surface area contributed by atoms with Crippen molar-refractivity contribution < 1.29 is 9.53 Å². The molecule has 1 heterocycles. The zero-order valence-corrected chi connectivity index (χ0v) is 8.64. The largest absolute Gasteiger partial charge is 0.381 e. The normalized spacial score (nSPS) is 19.6. The van der Waals surface area contributed by atoms with Gasteiger partial charge in [-0.15, -0.1) is 11.8 Å². The Morgan fingerprint density at radius 1 is 1.50 bits per heavy atom. The average molecular weight is 195 g/mol. The van der Waals surface area contributed by atoms with E-state index in [4.69, 9.17) is 10.5 Å². The van der Waals surface area contributed by atoms with Gasteiger partial charge in [-0.3, -0.25) is 4.79 Å². The lowest BCUT2D eigenvalue weighted by Crippen LogP contribution is -2.51. The SMILES string of the molecule is CC#CCCC(=O)C1(N)CCOCC1. The highest BCUT2D eigenvalue weighted by Gasteiger charge is 2.34. The molecule has 0 aromatic carbocycles. The highest BCUT2D eigenvalue weighted by atomic mass is 16.5. The number of rotatable bonds is 3. The Hall–Kier alpha value is -0.850. The predicted octanol–water partition coefficient (Wildman–Crippen LogP) is 0.867. The van der Waals surface area contributed by atoms with Crippen molar-refractivity contribution in [3.05, 3.63) is 0 Å². The monoisotopic (exact) mass is 195 g/mol. The van der Waals surface area contributed by atoms with Crippen LogP contribution in [0.2, 0.25) is 0 Å². The number of ketones is 1. The van der Waals surface area contributed by atoms with E-state index < -0.39 is 5.54 Å². The Kier molecular flexibility index (Phi) is 4.12. The van der Waals surface area contributed by atoms with E-state index in [1.54, 1.807) is 6.92 Å². The second kappa shape index (κ2) is 5.14. The van der Waals surface area contributed by atoms with Crippen LogP contribution in [0.1, 0.15) is 32.6 Å². The van der Waals surface area contributed by atoms with Crippen LogP contribution in [-0.2, 0) is 9.53 Å². The average Bonchev–Trinajstić information content (AvgIpc) is 2.19. The van der Waals surface area contributed by atoms with Crippen LogP contribution >= 0.6 is 0 Å². The summed E-state index contributed by atoms with van der Waals surface area (Å²) in [5, 5.41) is 0. The van der Waals surface area contributed by atoms with E-state index in [2.05, 4.69) is 11.8 Å². The Morgan fingerprint density at radius 3 is 2.71 bits per heavy atom. The molecule has 3 nitrogen and oxygen atoms in total. The summed E-state index contributed by atoms with van der Waals surface area (Å²) in [6.07, 6.45) is 2.38. The summed E-state index contributed by atoms with van der Waals surface area (Å²) >= 11 is 0. The summed E-state index contributed by atoms with van der Waals surface area (Å²) in [5.41, 5.74) is 5.36. The summed E-state index contributed by atoms with van der Waals surface area (Å²) in [7, 11) is 0. The molecular weight excluding hydrogens is 178 g/mol. The van der Waals surface area contributed by atoms with E-state index in [0.717, 1.165) is 0 Å². The predicted molar refractivity (Wildman–Crippen MR) is 54.7 cm³/mol. The lowest BCUT2D eigenvalue weighted by molar-refractivity contribution is -0.127. The van der Waals surface area contributed by atoms with Crippen molar-refractivity contribution in [2.24, 2.45) is 5.73 Å². The second-order valence-electron chi connectivity index (χ2n) is 3.62. The molecule has 1 aliphatic rings. The number of Topliss-reactive ketones (excluding diaryl/α,β-unsaturated/α-hetero) is 1. The third-order valence-electron chi connectivity index (χ3n) is 2.59. The van der Waals surface area contributed by atoms with Crippen LogP contribution in [0.3, 0.4) is 0 Å². The van der Waals surface area contributed by atoms with Crippen molar-refractivity contribution in [3.63, 3.8) is 0 Å². The fraction of sp³-hybridized carbons (Fsp3) is 0.727. The van der Waals surface area contributed by atoms with Crippen LogP contribution in [0.4, 0.5) is 0 Å². The van der Waals surface area contributed by atoms with E-state index in [9.17, 15) is 4.79 Å². The van der Waals surface area contributed by atoms with Gasteiger partial charge in [0.1, 0.15) is 0 Å². The minimum absolute atomic E-state index is 0.128. The molecule has 2 N–H and O–H groups in total.